The molecular formula is C21H32N4O3. The lowest BCUT2D eigenvalue weighted by molar-refractivity contribution is -0.155. The van der Waals surface area contributed by atoms with Gasteiger partial charge in [-0.3, -0.25) is 4.79 Å². The van der Waals surface area contributed by atoms with Gasteiger partial charge >= 0.3 is 5.97 Å². The zero-order valence-electron chi connectivity index (χ0n) is 17.3. The SMILES string of the molecule is CC(C)(C)OC(=O)CC(CCCC1CCCCC1)c1nc(C2=CCN=N2)no1. The molecule has 1 aromatic rings. The smallest absolute Gasteiger partial charge is 0.307 e. The van der Waals surface area contributed by atoms with Crippen LogP contribution in [-0.4, -0.2) is 28.3 Å². The zero-order valence-corrected chi connectivity index (χ0v) is 17.3. The molecule has 1 aromatic heterocycles. The van der Waals surface area contributed by atoms with Crippen molar-refractivity contribution in [3.05, 3.63) is 17.8 Å². The number of rotatable bonds is 8. The van der Waals surface area contributed by atoms with E-state index < -0.39 is 5.60 Å². The maximum atomic E-state index is 12.4. The molecule has 0 saturated heterocycles. The molecule has 2 heterocycles. The minimum atomic E-state index is -0.501. The quantitative estimate of drug-likeness (QED) is 0.553. The predicted octanol–water partition coefficient (Wildman–Crippen LogP) is 5.44. The third-order valence-electron chi connectivity index (χ3n) is 5.29. The molecule has 0 spiro atoms. The van der Waals surface area contributed by atoms with E-state index >= 15 is 0 Å². The molecule has 1 fully saturated rings. The first kappa shape index (κ1) is 20.7. The van der Waals surface area contributed by atoms with Crippen LogP contribution in [0.4, 0.5) is 0 Å². The summed E-state index contributed by atoms with van der Waals surface area (Å²) in [6, 6.07) is 0. The minimum Gasteiger partial charge on any atom is -0.460 e. The second-order valence-corrected chi connectivity index (χ2v) is 8.89. The Morgan fingerprint density at radius 2 is 2.07 bits per heavy atom. The molecule has 28 heavy (non-hydrogen) atoms. The Bertz CT molecular complexity index is 711. The predicted molar refractivity (Wildman–Crippen MR) is 106 cm³/mol. The van der Waals surface area contributed by atoms with Crippen molar-refractivity contribution in [2.75, 3.05) is 6.54 Å². The Morgan fingerprint density at radius 1 is 1.29 bits per heavy atom. The summed E-state index contributed by atoms with van der Waals surface area (Å²) in [6.07, 6.45) is 12.0. The molecule has 1 aliphatic carbocycles. The highest BCUT2D eigenvalue weighted by molar-refractivity contribution is 5.70. The van der Waals surface area contributed by atoms with Gasteiger partial charge in [-0.2, -0.15) is 15.2 Å². The monoisotopic (exact) mass is 388 g/mol. The van der Waals surface area contributed by atoms with Crippen LogP contribution >= 0.6 is 0 Å². The Labute approximate surface area is 167 Å². The number of carbonyl (C=O) groups is 1. The van der Waals surface area contributed by atoms with E-state index in [1.165, 1.54) is 38.5 Å². The first-order chi connectivity index (χ1) is 13.4. The summed E-state index contributed by atoms with van der Waals surface area (Å²) in [5.41, 5.74) is 0.131. The van der Waals surface area contributed by atoms with Crippen LogP contribution in [0, 0.1) is 5.92 Å². The van der Waals surface area contributed by atoms with E-state index in [1.807, 2.05) is 26.8 Å². The van der Waals surface area contributed by atoms with Gasteiger partial charge in [0.1, 0.15) is 11.3 Å². The van der Waals surface area contributed by atoms with Gasteiger partial charge in [-0.25, -0.2) is 0 Å². The first-order valence-corrected chi connectivity index (χ1v) is 10.5. The second kappa shape index (κ2) is 9.43. The van der Waals surface area contributed by atoms with E-state index in [-0.39, 0.29) is 18.3 Å². The summed E-state index contributed by atoms with van der Waals surface area (Å²) in [4.78, 5) is 16.9. The van der Waals surface area contributed by atoms with E-state index in [2.05, 4.69) is 20.4 Å². The average Bonchev–Trinajstić information content (AvgIpc) is 3.32. The molecule has 3 rings (SSSR count). The normalized spacial score (nSPS) is 18.9. The largest absolute Gasteiger partial charge is 0.460 e. The van der Waals surface area contributed by atoms with Crippen molar-refractivity contribution >= 4 is 11.7 Å². The summed E-state index contributed by atoms with van der Waals surface area (Å²) >= 11 is 0. The van der Waals surface area contributed by atoms with Gasteiger partial charge in [0.15, 0.2) is 0 Å². The summed E-state index contributed by atoms with van der Waals surface area (Å²) in [6.45, 7) is 6.18. The minimum absolute atomic E-state index is 0.126. The van der Waals surface area contributed by atoms with Gasteiger partial charge in [-0.15, -0.1) is 0 Å². The van der Waals surface area contributed by atoms with E-state index in [9.17, 15) is 4.79 Å². The van der Waals surface area contributed by atoms with Gasteiger partial charge < -0.3 is 9.26 Å². The van der Waals surface area contributed by atoms with Crippen LogP contribution < -0.4 is 0 Å². The molecule has 0 amide bonds. The van der Waals surface area contributed by atoms with Crippen molar-refractivity contribution in [2.45, 2.75) is 90.1 Å². The molecule has 0 radical (unpaired) electrons. The lowest BCUT2D eigenvalue weighted by atomic mass is 9.84. The number of ether oxygens (including phenoxy) is 1. The number of carbonyl (C=O) groups excluding carboxylic acids is 1. The lowest BCUT2D eigenvalue weighted by Gasteiger charge is -2.23. The van der Waals surface area contributed by atoms with Crippen molar-refractivity contribution in [1.82, 2.24) is 10.1 Å². The molecule has 1 unspecified atom stereocenters. The van der Waals surface area contributed by atoms with E-state index in [4.69, 9.17) is 9.26 Å². The van der Waals surface area contributed by atoms with E-state index in [0.717, 1.165) is 18.8 Å². The molecule has 0 bridgehead atoms. The fourth-order valence-electron chi connectivity index (χ4n) is 3.95. The van der Waals surface area contributed by atoms with E-state index in [1.54, 1.807) is 0 Å². The summed E-state index contributed by atoms with van der Waals surface area (Å²) in [5.74, 6) is 1.40. The number of azo groups is 1. The number of nitrogens with zero attached hydrogens (tertiary/aromatic N) is 4. The number of hydrogen-bond acceptors (Lipinski definition) is 7. The van der Waals surface area contributed by atoms with Crippen LogP contribution in [0.15, 0.2) is 20.8 Å². The van der Waals surface area contributed by atoms with Crippen molar-refractivity contribution in [3.63, 3.8) is 0 Å². The average molecular weight is 389 g/mol. The highest BCUT2D eigenvalue weighted by Crippen LogP contribution is 2.32. The summed E-state index contributed by atoms with van der Waals surface area (Å²) < 4.78 is 11.0. The van der Waals surface area contributed by atoms with Crippen LogP contribution in [-0.2, 0) is 9.53 Å². The van der Waals surface area contributed by atoms with Gasteiger partial charge in [-0.05, 0) is 39.2 Å². The fraction of sp³-hybridized carbons (Fsp3) is 0.762. The molecule has 7 nitrogen and oxygen atoms in total. The number of aromatic nitrogens is 2. The van der Waals surface area contributed by atoms with Gasteiger partial charge in [0.05, 0.1) is 13.0 Å². The Morgan fingerprint density at radius 3 is 2.75 bits per heavy atom. The van der Waals surface area contributed by atoms with Crippen LogP contribution in [0.25, 0.3) is 5.70 Å². The molecule has 0 N–H and O–H groups in total. The van der Waals surface area contributed by atoms with Crippen LogP contribution in [0.5, 0.6) is 0 Å². The fourth-order valence-corrected chi connectivity index (χ4v) is 3.95. The molecule has 1 atom stereocenters. The van der Waals surface area contributed by atoms with Gasteiger partial charge in [0.2, 0.25) is 11.7 Å². The van der Waals surface area contributed by atoms with Crippen molar-refractivity contribution < 1.29 is 14.1 Å². The molecule has 1 aliphatic heterocycles. The summed E-state index contributed by atoms with van der Waals surface area (Å²) in [5, 5.41) is 12.0. The van der Waals surface area contributed by atoms with Crippen molar-refractivity contribution in [3.8, 4) is 0 Å². The van der Waals surface area contributed by atoms with Crippen molar-refractivity contribution in [1.29, 1.82) is 0 Å². The third kappa shape index (κ3) is 6.24. The maximum Gasteiger partial charge on any atom is 0.307 e. The Balaban J connectivity index is 1.63. The Kier molecular flexibility index (Phi) is 6.97. The zero-order chi connectivity index (χ0) is 20.0. The van der Waals surface area contributed by atoms with Gasteiger partial charge in [0, 0.05) is 5.92 Å². The summed E-state index contributed by atoms with van der Waals surface area (Å²) in [7, 11) is 0. The molecular weight excluding hydrogens is 356 g/mol. The highest BCUT2D eigenvalue weighted by Gasteiger charge is 2.27. The standard InChI is InChI=1S/C21H32N4O3/c1-21(2,3)27-18(26)14-16(11-7-10-15-8-5-4-6-9-15)20-23-19(25-28-20)17-12-13-22-24-17/h12,15-16H,4-11,13-14H2,1-3H3. The van der Waals surface area contributed by atoms with Crippen molar-refractivity contribution in [2.24, 2.45) is 16.1 Å². The Hall–Kier alpha value is -2.05. The maximum absolute atomic E-state index is 12.4. The molecule has 154 valence electrons. The number of hydrogen-bond donors (Lipinski definition) is 0. The number of esters is 1. The van der Waals surface area contributed by atoms with Crippen LogP contribution in [0.1, 0.15) is 96.2 Å². The molecule has 2 aliphatic rings. The molecule has 1 saturated carbocycles. The lowest BCUT2D eigenvalue weighted by Crippen LogP contribution is -2.25. The van der Waals surface area contributed by atoms with Crippen LogP contribution in [0.3, 0.4) is 0 Å². The van der Waals surface area contributed by atoms with E-state index in [0.29, 0.717) is 24.0 Å². The second-order valence-electron chi connectivity index (χ2n) is 8.89. The third-order valence-corrected chi connectivity index (χ3v) is 5.29. The molecule has 0 aromatic carbocycles. The van der Waals surface area contributed by atoms with Gasteiger partial charge in [-0.1, -0.05) is 50.1 Å². The van der Waals surface area contributed by atoms with Crippen LogP contribution in [0.2, 0.25) is 0 Å². The highest BCUT2D eigenvalue weighted by atomic mass is 16.6. The first-order valence-electron chi connectivity index (χ1n) is 10.5. The van der Waals surface area contributed by atoms with Gasteiger partial charge in [0.25, 0.3) is 0 Å². The molecule has 7 heteroatoms. The topological polar surface area (TPSA) is 89.9 Å².